The summed E-state index contributed by atoms with van der Waals surface area (Å²) in [5.41, 5.74) is 6.00. The zero-order valence-corrected chi connectivity index (χ0v) is 10.1. The number of hydrogen-bond donors (Lipinski definition) is 1. The van der Waals surface area contributed by atoms with E-state index in [4.69, 9.17) is 5.73 Å². The standard InChI is InChI=1S/C13H26N2/c1-15-9-4-2-3-8-13(15)12(10-14)11-6-5-7-11/h11-13H,2-10,14H2,1H3. The third-order valence-electron chi connectivity index (χ3n) is 4.60. The second-order valence-corrected chi connectivity index (χ2v) is 5.49. The zero-order valence-electron chi connectivity index (χ0n) is 10.1. The van der Waals surface area contributed by atoms with Gasteiger partial charge in [-0.1, -0.05) is 32.1 Å². The Balaban J connectivity index is 1.96. The van der Waals surface area contributed by atoms with Gasteiger partial charge >= 0.3 is 0 Å². The molecule has 1 aliphatic heterocycles. The van der Waals surface area contributed by atoms with Crippen molar-refractivity contribution in [3.63, 3.8) is 0 Å². The maximum Gasteiger partial charge on any atom is 0.0135 e. The quantitative estimate of drug-likeness (QED) is 0.774. The maximum atomic E-state index is 6.00. The Kier molecular flexibility index (Phi) is 4.04. The lowest BCUT2D eigenvalue weighted by Crippen LogP contribution is -2.45. The van der Waals surface area contributed by atoms with Crippen LogP contribution in [-0.2, 0) is 0 Å². The molecule has 0 bridgehead atoms. The number of nitrogens with two attached hydrogens (primary N) is 1. The minimum absolute atomic E-state index is 0.779. The van der Waals surface area contributed by atoms with Crippen molar-refractivity contribution in [2.45, 2.75) is 51.0 Å². The van der Waals surface area contributed by atoms with E-state index in [0.29, 0.717) is 0 Å². The fraction of sp³-hybridized carbons (Fsp3) is 1.00. The largest absolute Gasteiger partial charge is 0.330 e. The predicted molar refractivity (Wildman–Crippen MR) is 64.8 cm³/mol. The van der Waals surface area contributed by atoms with Crippen molar-refractivity contribution in [3.05, 3.63) is 0 Å². The summed E-state index contributed by atoms with van der Waals surface area (Å²) < 4.78 is 0. The SMILES string of the molecule is CN1CCCCCC1C(CN)C1CCC1. The molecule has 0 amide bonds. The van der Waals surface area contributed by atoms with Crippen LogP contribution < -0.4 is 5.73 Å². The van der Waals surface area contributed by atoms with E-state index in [-0.39, 0.29) is 0 Å². The van der Waals surface area contributed by atoms with Gasteiger partial charge in [-0.3, -0.25) is 0 Å². The van der Waals surface area contributed by atoms with Gasteiger partial charge in [0.05, 0.1) is 0 Å². The van der Waals surface area contributed by atoms with Gasteiger partial charge in [-0.25, -0.2) is 0 Å². The van der Waals surface area contributed by atoms with E-state index in [9.17, 15) is 0 Å². The molecule has 88 valence electrons. The first kappa shape index (κ1) is 11.4. The first-order chi connectivity index (χ1) is 7.33. The Bertz CT molecular complexity index is 189. The van der Waals surface area contributed by atoms with Crippen molar-refractivity contribution < 1.29 is 0 Å². The van der Waals surface area contributed by atoms with Crippen LogP contribution in [0.4, 0.5) is 0 Å². The molecule has 1 aliphatic carbocycles. The summed E-state index contributed by atoms with van der Waals surface area (Å²) in [6.07, 6.45) is 9.92. The van der Waals surface area contributed by atoms with Gasteiger partial charge in [-0.15, -0.1) is 0 Å². The summed E-state index contributed by atoms with van der Waals surface area (Å²) in [6, 6.07) is 0.780. The van der Waals surface area contributed by atoms with Crippen LogP contribution in [0, 0.1) is 11.8 Å². The molecule has 2 rings (SSSR count). The van der Waals surface area contributed by atoms with E-state index in [1.807, 2.05) is 0 Å². The van der Waals surface area contributed by atoms with Crippen LogP contribution in [0.2, 0.25) is 0 Å². The van der Waals surface area contributed by atoms with Gasteiger partial charge in [-0.2, -0.15) is 0 Å². The molecule has 2 fully saturated rings. The van der Waals surface area contributed by atoms with Crippen molar-refractivity contribution in [1.29, 1.82) is 0 Å². The summed E-state index contributed by atoms with van der Waals surface area (Å²) in [5, 5.41) is 0. The summed E-state index contributed by atoms with van der Waals surface area (Å²) >= 11 is 0. The molecule has 15 heavy (non-hydrogen) atoms. The van der Waals surface area contributed by atoms with E-state index in [2.05, 4.69) is 11.9 Å². The molecule has 0 spiro atoms. The molecule has 2 heteroatoms. The highest BCUT2D eigenvalue weighted by molar-refractivity contribution is 4.88. The van der Waals surface area contributed by atoms with Crippen LogP contribution in [-0.4, -0.2) is 31.1 Å². The third-order valence-corrected chi connectivity index (χ3v) is 4.60. The Hall–Kier alpha value is -0.0800. The lowest BCUT2D eigenvalue weighted by Gasteiger charge is -2.41. The maximum absolute atomic E-state index is 6.00. The van der Waals surface area contributed by atoms with Crippen molar-refractivity contribution in [2.24, 2.45) is 17.6 Å². The normalized spacial score (nSPS) is 32.0. The molecule has 2 aliphatic rings. The molecule has 2 nitrogen and oxygen atoms in total. The molecule has 1 heterocycles. The highest BCUT2D eigenvalue weighted by Crippen LogP contribution is 2.37. The molecule has 2 unspecified atom stereocenters. The zero-order chi connectivity index (χ0) is 10.7. The van der Waals surface area contributed by atoms with Gasteiger partial charge < -0.3 is 10.6 Å². The molecule has 0 aromatic rings. The lowest BCUT2D eigenvalue weighted by molar-refractivity contribution is 0.0955. The van der Waals surface area contributed by atoms with E-state index in [1.54, 1.807) is 0 Å². The van der Waals surface area contributed by atoms with Crippen molar-refractivity contribution in [2.75, 3.05) is 20.1 Å². The van der Waals surface area contributed by atoms with E-state index < -0.39 is 0 Å². The molecule has 1 saturated carbocycles. The molecule has 0 aromatic heterocycles. The van der Waals surface area contributed by atoms with Gasteiger partial charge in [0.2, 0.25) is 0 Å². The van der Waals surface area contributed by atoms with Gasteiger partial charge in [0.1, 0.15) is 0 Å². The van der Waals surface area contributed by atoms with Crippen LogP contribution in [0.3, 0.4) is 0 Å². The first-order valence-electron chi connectivity index (χ1n) is 6.73. The van der Waals surface area contributed by atoms with Crippen molar-refractivity contribution in [3.8, 4) is 0 Å². The average Bonchev–Trinajstić information content (AvgIpc) is 2.36. The summed E-state index contributed by atoms with van der Waals surface area (Å²) in [5.74, 6) is 1.72. The van der Waals surface area contributed by atoms with Gasteiger partial charge in [0.25, 0.3) is 0 Å². The fourth-order valence-corrected chi connectivity index (χ4v) is 3.35. The lowest BCUT2D eigenvalue weighted by atomic mass is 9.72. The number of rotatable bonds is 3. The van der Waals surface area contributed by atoms with Crippen molar-refractivity contribution >= 4 is 0 Å². The minimum atomic E-state index is 0.779. The van der Waals surface area contributed by atoms with Gasteiger partial charge in [0, 0.05) is 6.04 Å². The monoisotopic (exact) mass is 210 g/mol. The summed E-state index contributed by atoms with van der Waals surface area (Å²) in [4.78, 5) is 2.59. The van der Waals surface area contributed by atoms with Crippen molar-refractivity contribution in [1.82, 2.24) is 4.90 Å². The van der Waals surface area contributed by atoms with Gasteiger partial charge in [-0.05, 0) is 44.8 Å². The Labute approximate surface area is 94.2 Å². The van der Waals surface area contributed by atoms with Crippen LogP contribution in [0.5, 0.6) is 0 Å². The fourth-order valence-electron chi connectivity index (χ4n) is 3.35. The van der Waals surface area contributed by atoms with Crippen LogP contribution in [0.1, 0.15) is 44.9 Å². The Morgan fingerprint density at radius 2 is 1.93 bits per heavy atom. The van der Waals surface area contributed by atoms with E-state index >= 15 is 0 Å². The Morgan fingerprint density at radius 1 is 1.13 bits per heavy atom. The van der Waals surface area contributed by atoms with Crippen LogP contribution >= 0.6 is 0 Å². The van der Waals surface area contributed by atoms with Gasteiger partial charge in [0.15, 0.2) is 0 Å². The molecule has 0 radical (unpaired) electrons. The van der Waals surface area contributed by atoms with Crippen LogP contribution in [0.25, 0.3) is 0 Å². The molecular weight excluding hydrogens is 184 g/mol. The molecule has 0 aromatic carbocycles. The molecular formula is C13H26N2. The first-order valence-corrected chi connectivity index (χ1v) is 6.73. The molecule has 2 N–H and O–H groups in total. The van der Waals surface area contributed by atoms with E-state index in [1.165, 1.54) is 51.5 Å². The molecule has 1 saturated heterocycles. The number of nitrogens with zero attached hydrogens (tertiary/aromatic N) is 1. The van der Waals surface area contributed by atoms with Crippen LogP contribution in [0.15, 0.2) is 0 Å². The summed E-state index contributed by atoms with van der Waals surface area (Å²) in [7, 11) is 2.30. The summed E-state index contributed by atoms with van der Waals surface area (Å²) in [6.45, 7) is 2.19. The minimum Gasteiger partial charge on any atom is -0.330 e. The highest BCUT2D eigenvalue weighted by atomic mass is 15.1. The predicted octanol–water partition coefficient (Wildman–Crippen LogP) is 2.24. The number of likely N-dealkylation sites (tertiary alicyclic amines) is 1. The average molecular weight is 210 g/mol. The Morgan fingerprint density at radius 3 is 2.53 bits per heavy atom. The van der Waals surface area contributed by atoms with E-state index in [0.717, 1.165) is 24.4 Å². The smallest absolute Gasteiger partial charge is 0.0135 e. The second kappa shape index (κ2) is 5.31. The second-order valence-electron chi connectivity index (χ2n) is 5.49. The number of hydrogen-bond acceptors (Lipinski definition) is 2. The topological polar surface area (TPSA) is 29.3 Å². The molecule has 2 atom stereocenters. The highest BCUT2D eigenvalue weighted by Gasteiger charge is 2.34. The third kappa shape index (κ3) is 2.54.